The fraction of sp³-hybridized carbons (Fsp3) is 0.0667. The lowest BCUT2D eigenvalue weighted by atomic mass is 10.2. The Kier molecular flexibility index (Phi) is 5.58. The summed E-state index contributed by atoms with van der Waals surface area (Å²) in [6.45, 7) is 0. The molecule has 4 nitrogen and oxygen atoms in total. The Labute approximate surface area is 141 Å². The molecule has 0 bridgehead atoms. The zero-order valence-electron chi connectivity index (χ0n) is 11.1. The minimum atomic E-state index is -0.296. The lowest BCUT2D eigenvalue weighted by molar-refractivity contribution is 0.0955. The molecule has 0 saturated heterocycles. The SMILES string of the molecule is COc1cc(C(=O)N/N=C\c2ccc(Cl)cc2)ccc1I. The highest BCUT2D eigenvalue weighted by Crippen LogP contribution is 2.21. The number of hydrogen-bond acceptors (Lipinski definition) is 3. The summed E-state index contributed by atoms with van der Waals surface area (Å²) in [7, 11) is 1.57. The molecule has 0 saturated carbocycles. The Morgan fingerprint density at radius 2 is 2.00 bits per heavy atom. The first kappa shape index (κ1) is 15.8. The van der Waals surface area contributed by atoms with Crippen LogP contribution >= 0.6 is 34.2 Å². The van der Waals surface area contributed by atoms with Gasteiger partial charge < -0.3 is 4.74 Å². The number of hydrazone groups is 1. The van der Waals surface area contributed by atoms with Gasteiger partial charge in [0.1, 0.15) is 5.75 Å². The van der Waals surface area contributed by atoms with E-state index in [1.807, 2.05) is 18.2 Å². The minimum absolute atomic E-state index is 0.296. The zero-order chi connectivity index (χ0) is 15.2. The number of nitrogens with zero attached hydrogens (tertiary/aromatic N) is 1. The molecule has 0 unspecified atom stereocenters. The van der Waals surface area contributed by atoms with Crippen molar-refractivity contribution in [1.29, 1.82) is 0 Å². The molecule has 1 N–H and O–H groups in total. The Morgan fingerprint density at radius 1 is 1.29 bits per heavy atom. The van der Waals surface area contributed by atoms with Crippen molar-refractivity contribution < 1.29 is 9.53 Å². The summed E-state index contributed by atoms with van der Waals surface area (Å²) >= 11 is 7.93. The van der Waals surface area contributed by atoms with Crippen molar-refractivity contribution in [2.24, 2.45) is 5.10 Å². The third-order valence-corrected chi connectivity index (χ3v) is 3.81. The van der Waals surface area contributed by atoms with Crippen LogP contribution in [0.2, 0.25) is 5.02 Å². The molecule has 0 spiro atoms. The van der Waals surface area contributed by atoms with E-state index in [1.54, 1.807) is 37.6 Å². The molecule has 6 heteroatoms. The predicted molar refractivity (Wildman–Crippen MR) is 92.2 cm³/mol. The van der Waals surface area contributed by atoms with Crippen molar-refractivity contribution in [2.45, 2.75) is 0 Å². The average Bonchev–Trinajstić information content (AvgIpc) is 2.49. The van der Waals surface area contributed by atoms with Crippen LogP contribution in [0.4, 0.5) is 0 Å². The Bertz CT molecular complexity index is 672. The number of benzene rings is 2. The van der Waals surface area contributed by atoms with E-state index < -0.39 is 0 Å². The first-order valence-electron chi connectivity index (χ1n) is 6.02. The van der Waals surface area contributed by atoms with Crippen molar-refractivity contribution in [3.63, 3.8) is 0 Å². The molecular formula is C15H12ClIN2O2. The first-order valence-corrected chi connectivity index (χ1v) is 7.48. The van der Waals surface area contributed by atoms with E-state index in [0.29, 0.717) is 16.3 Å². The molecule has 0 aromatic heterocycles. The quantitative estimate of drug-likeness (QED) is 0.471. The summed E-state index contributed by atoms with van der Waals surface area (Å²) < 4.78 is 6.12. The fourth-order valence-corrected chi connectivity index (χ4v) is 2.26. The van der Waals surface area contributed by atoms with Crippen LogP contribution < -0.4 is 10.2 Å². The second kappa shape index (κ2) is 7.42. The number of carbonyl (C=O) groups excluding carboxylic acids is 1. The number of ether oxygens (including phenoxy) is 1. The second-order valence-electron chi connectivity index (χ2n) is 4.10. The number of carbonyl (C=O) groups is 1. The highest BCUT2D eigenvalue weighted by atomic mass is 127. The molecule has 21 heavy (non-hydrogen) atoms. The van der Waals surface area contributed by atoms with E-state index in [0.717, 1.165) is 9.13 Å². The number of amides is 1. The molecule has 2 rings (SSSR count). The van der Waals surface area contributed by atoms with E-state index in [1.165, 1.54) is 0 Å². The standard InChI is InChI=1S/C15H12ClIN2O2/c1-21-14-8-11(4-7-13(14)17)15(20)19-18-9-10-2-5-12(16)6-3-10/h2-9H,1H3,(H,19,20)/b18-9-. The molecule has 0 aliphatic rings. The monoisotopic (exact) mass is 414 g/mol. The van der Waals surface area contributed by atoms with Crippen LogP contribution in [0.5, 0.6) is 5.75 Å². The van der Waals surface area contributed by atoms with Crippen molar-refractivity contribution in [3.05, 3.63) is 62.2 Å². The third-order valence-electron chi connectivity index (χ3n) is 2.66. The molecule has 0 radical (unpaired) electrons. The van der Waals surface area contributed by atoms with Gasteiger partial charge in [-0.05, 0) is 58.5 Å². The van der Waals surface area contributed by atoms with Crippen molar-refractivity contribution in [3.8, 4) is 5.75 Å². The largest absolute Gasteiger partial charge is 0.496 e. The minimum Gasteiger partial charge on any atom is -0.496 e. The smallest absolute Gasteiger partial charge is 0.271 e. The molecule has 0 fully saturated rings. The van der Waals surface area contributed by atoms with Gasteiger partial charge in [-0.25, -0.2) is 5.43 Å². The summed E-state index contributed by atoms with van der Waals surface area (Å²) in [6.07, 6.45) is 1.55. The summed E-state index contributed by atoms with van der Waals surface area (Å²) in [5, 5.41) is 4.57. The topological polar surface area (TPSA) is 50.7 Å². The van der Waals surface area contributed by atoms with Crippen molar-refractivity contribution in [1.82, 2.24) is 5.43 Å². The van der Waals surface area contributed by atoms with Gasteiger partial charge in [0.05, 0.1) is 16.9 Å². The number of methoxy groups -OCH3 is 1. The summed E-state index contributed by atoms with van der Waals surface area (Å²) in [5.74, 6) is 0.361. The van der Waals surface area contributed by atoms with Gasteiger partial charge in [-0.2, -0.15) is 5.10 Å². The Balaban J connectivity index is 2.03. The summed E-state index contributed by atoms with van der Waals surface area (Å²) in [6, 6.07) is 12.4. The fourth-order valence-electron chi connectivity index (χ4n) is 1.58. The van der Waals surface area contributed by atoms with E-state index in [4.69, 9.17) is 16.3 Å². The molecular weight excluding hydrogens is 403 g/mol. The van der Waals surface area contributed by atoms with Crippen LogP contribution in [0.25, 0.3) is 0 Å². The summed E-state index contributed by atoms with van der Waals surface area (Å²) in [5.41, 5.74) is 3.81. The maximum absolute atomic E-state index is 12.0. The van der Waals surface area contributed by atoms with Gasteiger partial charge in [0.15, 0.2) is 0 Å². The predicted octanol–water partition coefficient (Wildman–Crippen LogP) is 3.72. The van der Waals surface area contributed by atoms with E-state index in [2.05, 4.69) is 33.1 Å². The van der Waals surface area contributed by atoms with Gasteiger partial charge in [0.2, 0.25) is 0 Å². The number of hydrogen-bond donors (Lipinski definition) is 1. The molecule has 0 aliphatic heterocycles. The molecule has 108 valence electrons. The molecule has 2 aromatic carbocycles. The van der Waals surface area contributed by atoms with E-state index in [9.17, 15) is 4.79 Å². The normalized spacial score (nSPS) is 10.6. The van der Waals surface area contributed by atoms with Crippen LogP contribution in [0.15, 0.2) is 47.6 Å². The molecule has 0 heterocycles. The summed E-state index contributed by atoms with van der Waals surface area (Å²) in [4.78, 5) is 12.0. The van der Waals surface area contributed by atoms with Gasteiger partial charge in [-0.1, -0.05) is 23.7 Å². The van der Waals surface area contributed by atoms with E-state index in [-0.39, 0.29) is 5.91 Å². The highest BCUT2D eigenvalue weighted by Gasteiger charge is 2.08. The zero-order valence-corrected chi connectivity index (χ0v) is 14.1. The Hall–Kier alpha value is -1.60. The van der Waals surface area contributed by atoms with Gasteiger partial charge >= 0.3 is 0 Å². The maximum atomic E-state index is 12.0. The van der Waals surface area contributed by atoms with Crippen LogP contribution in [0.1, 0.15) is 15.9 Å². The van der Waals surface area contributed by atoms with Crippen molar-refractivity contribution in [2.75, 3.05) is 7.11 Å². The van der Waals surface area contributed by atoms with Gasteiger partial charge in [0, 0.05) is 10.6 Å². The van der Waals surface area contributed by atoms with Crippen LogP contribution in [0, 0.1) is 3.57 Å². The molecule has 2 aromatic rings. The van der Waals surface area contributed by atoms with Crippen LogP contribution in [0.3, 0.4) is 0 Å². The lowest BCUT2D eigenvalue weighted by Crippen LogP contribution is -2.17. The van der Waals surface area contributed by atoms with Gasteiger partial charge in [-0.3, -0.25) is 4.79 Å². The third kappa shape index (κ3) is 4.44. The van der Waals surface area contributed by atoms with Crippen LogP contribution in [-0.4, -0.2) is 19.2 Å². The van der Waals surface area contributed by atoms with Gasteiger partial charge in [-0.15, -0.1) is 0 Å². The molecule has 0 atom stereocenters. The lowest BCUT2D eigenvalue weighted by Gasteiger charge is -2.05. The molecule has 0 aliphatic carbocycles. The maximum Gasteiger partial charge on any atom is 0.271 e. The van der Waals surface area contributed by atoms with Crippen LogP contribution in [-0.2, 0) is 0 Å². The highest BCUT2D eigenvalue weighted by molar-refractivity contribution is 14.1. The van der Waals surface area contributed by atoms with Gasteiger partial charge in [0.25, 0.3) is 5.91 Å². The molecule has 1 amide bonds. The number of halogens is 2. The first-order chi connectivity index (χ1) is 10.1. The number of nitrogens with one attached hydrogen (secondary N) is 1. The van der Waals surface area contributed by atoms with Crippen molar-refractivity contribution >= 4 is 46.3 Å². The number of rotatable bonds is 4. The Morgan fingerprint density at radius 3 is 2.67 bits per heavy atom. The van der Waals surface area contributed by atoms with E-state index >= 15 is 0 Å². The second-order valence-corrected chi connectivity index (χ2v) is 5.70. The average molecular weight is 415 g/mol.